The van der Waals surface area contributed by atoms with E-state index in [1.54, 1.807) is 18.3 Å². The minimum atomic E-state index is -0.283. The number of para-hydroxylation sites is 1. The lowest BCUT2D eigenvalue weighted by Crippen LogP contribution is -1.90. The molecule has 112 valence electrons. The van der Waals surface area contributed by atoms with Crippen LogP contribution in [0.25, 0.3) is 16.8 Å². The van der Waals surface area contributed by atoms with Gasteiger partial charge in [0.2, 0.25) is 0 Å². The van der Waals surface area contributed by atoms with Gasteiger partial charge in [0.1, 0.15) is 22.5 Å². The number of rotatable bonds is 4. The molecule has 0 aliphatic rings. The molecule has 0 fully saturated rings. The number of halogens is 1. The summed E-state index contributed by atoms with van der Waals surface area (Å²) in [7, 11) is 0. The average Bonchev–Trinajstić information content (AvgIpc) is 3.07. The van der Waals surface area contributed by atoms with Gasteiger partial charge in [-0.1, -0.05) is 18.2 Å². The van der Waals surface area contributed by atoms with Gasteiger partial charge < -0.3 is 5.32 Å². The zero-order valence-electron chi connectivity index (χ0n) is 12.0. The van der Waals surface area contributed by atoms with E-state index in [1.165, 1.54) is 23.5 Å². The van der Waals surface area contributed by atoms with Gasteiger partial charge >= 0.3 is 0 Å². The molecular weight excluding hydrogens is 309 g/mol. The van der Waals surface area contributed by atoms with Crippen LogP contribution in [0.15, 0.2) is 66.2 Å². The Morgan fingerprint density at radius 3 is 2.57 bits per heavy atom. The smallest absolute Gasteiger partial charge is 0.136 e. The molecule has 1 aromatic heterocycles. The number of thiazole rings is 1. The zero-order valence-corrected chi connectivity index (χ0v) is 12.8. The van der Waals surface area contributed by atoms with Gasteiger partial charge in [0.05, 0.1) is 5.69 Å². The van der Waals surface area contributed by atoms with E-state index in [0.29, 0.717) is 10.6 Å². The molecule has 0 saturated carbocycles. The number of aromatic nitrogens is 1. The van der Waals surface area contributed by atoms with Crippen LogP contribution >= 0.6 is 11.3 Å². The van der Waals surface area contributed by atoms with E-state index in [1.807, 2.05) is 35.7 Å². The molecule has 1 heterocycles. The molecule has 3 aromatic rings. The van der Waals surface area contributed by atoms with Crippen LogP contribution in [0.4, 0.5) is 10.1 Å². The molecule has 0 aliphatic carbocycles. The van der Waals surface area contributed by atoms with Crippen LogP contribution in [0, 0.1) is 17.1 Å². The normalized spacial score (nSPS) is 11.0. The van der Waals surface area contributed by atoms with Crippen LogP contribution in [0.1, 0.15) is 5.01 Å². The second-order valence-corrected chi connectivity index (χ2v) is 5.58. The lowest BCUT2D eigenvalue weighted by molar-refractivity contribution is 0.628. The van der Waals surface area contributed by atoms with Crippen molar-refractivity contribution in [2.45, 2.75) is 0 Å². The Morgan fingerprint density at radius 2 is 1.87 bits per heavy atom. The number of benzene rings is 2. The van der Waals surface area contributed by atoms with Gasteiger partial charge in [0.25, 0.3) is 0 Å². The minimum Gasteiger partial charge on any atom is -0.360 e. The van der Waals surface area contributed by atoms with Crippen LogP contribution in [0.5, 0.6) is 0 Å². The minimum absolute atomic E-state index is 0.283. The summed E-state index contributed by atoms with van der Waals surface area (Å²) in [5, 5.41) is 14.9. The molecule has 3 nitrogen and oxygen atoms in total. The van der Waals surface area contributed by atoms with Gasteiger partial charge in [-0.05, 0) is 36.4 Å². The Morgan fingerprint density at radius 1 is 1.13 bits per heavy atom. The third-order valence-electron chi connectivity index (χ3n) is 3.15. The Balaban J connectivity index is 1.83. The largest absolute Gasteiger partial charge is 0.360 e. The second-order valence-electron chi connectivity index (χ2n) is 4.72. The van der Waals surface area contributed by atoms with Crippen molar-refractivity contribution in [3.8, 4) is 17.3 Å². The monoisotopic (exact) mass is 321 g/mol. The number of anilines is 1. The lowest BCUT2D eigenvalue weighted by Gasteiger charge is -2.00. The third-order valence-corrected chi connectivity index (χ3v) is 4.03. The van der Waals surface area contributed by atoms with E-state index < -0.39 is 0 Å². The van der Waals surface area contributed by atoms with Crippen LogP contribution in [0.2, 0.25) is 0 Å². The summed E-state index contributed by atoms with van der Waals surface area (Å²) in [4.78, 5) is 4.46. The zero-order chi connectivity index (χ0) is 16.1. The Bertz CT molecular complexity index is 861. The molecule has 0 bridgehead atoms. The highest BCUT2D eigenvalue weighted by molar-refractivity contribution is 7.11. The first kappa shape index (κ1) is 14.9. The highest BCUT2D eigenvalue weighted by Gasteiger charge is 2.09. The van der Waals surface area contributed by atoms with Crippen LogP contribution in [-0.2, 0) is 0 Å². The molecular formula is C18H12FN3S. The molecule has 1 N–H and O–H groups in total. The van der Waals surface area contributed by atoms with E-state index in [4.69, 9.17) is 0 Å². The molecule has 23 heavy (non-hydrogen) atoms. The van der Waals surface area contributed by atoms with Crippen molar-refractivity contribution < 1.29 is 4.39 Å². The number of nitriles is 1. The van der Waals surface area contributed by atoms with Crippen molar-refractivity contribution in [2.24, 2.45) is 0 Å². The van der Waals surface area contributed by atoms with Crippen molar-refractivity contribution in [2.75, 3.05) is 5.32 Å². The fourth-order valence-electron chi connectivity index (χ4n) is 1.98. The molecule has 0 radical (unpaired) electrons. The first-order chi connectivity index (χ1) is 11.3. The van der Waals surface area contributed by atoms with Gasteiger partial charge in [-0.3, -0.25) is 0 Å². The summed E-state index contributed by atoms with van der Waals surface area (Å²) >= 11 is 1.38. The van der Waals surface area contributed by atoms with E-state index in [0.717, 1.165) is 16.9 Å². The fourth-order valence-corrected chi connectivity index (χ4v) is 2.78. The SMILES string of the molecule is N#C/C(=C\Nc1ccccc1)c1nc(-c2ccc(F)cc2)cs1. The molecule has 2 aromatic carbocycles. The first-order valence-electron chi connectivity index (χ1n) is 6.90. The number of allylic oxidation sites excluding steroid dienone is 1. The molecule has 0 spiro atoms. The standard InChI is InChI=1S/C18H12FN3S/c19-15-8-6-13(7-9-15)17-12-23-18(22-17)14(10-20)11-21-16-4-2-1-3-5-16/h1-9,11-12,21H/b14-11+. The Labute approximate surface area is 137 Å². The summed E-state index contributed by atoms with van der Waals surface area (Å²) in [6.45, 7) is 0. The van der Waals surface area contributed by atoms with E-state index in [9.17, 15) is 9.65 Å². The van der Waals surface area contributed by atoms with Gasteiger partial charge in [-0.15, -0.1) is 11.3 Å². The summed E-state index contributed by atoms with van der Waals surface area (Å²) in [5.41, 5.74) is 2.90. The van der Waals surface area contributed by atoms with Crippen molar-refractivity contribution in [3.63, 3.8) is 0 Å². The third kappa shape index (κ3) is 3.62. The Kier molecular flexibility index (Phi) is 4.46. The number of nitrogens with zero attached hydrogens (tertiary/aromatic N) is 2. The van der Waals surface area contributed by atoms with E-state index >= 15 is 0 Å². The van der Waals surface area contributed by atoms with Crippen molar-refractivity contribution in [3.05, 3.63) is 77.0 Å². The van der Waals surface area contributed by atoms with Crippen molar-refractivity contribution in [1.82, 2.24) is 4.98 Å². The van der Waals surface area contributed by atoms with Gasteiger partial charge in [0.15, 0.2) is 0 Å². The molecule has 0 atom stereocenters. The maximum atomic E-state index is 13.0. The predicted octanol–water partition coefficient (Wildman–Crippen LogP) is 4.93. The van der Waals surface area contributed by atoms with E-state index in [-0.39, 0.29) is 5.82 Å². The quantitative estimate of drug-likeness (QED) is 0.693. The Hall–Kier alpha value is -2.97. The number of nitrogens with one attached hydrogen (secondary N) is 1. The average molecular weight is 321 g/mol. The van der Waals surface area contributed by atoms with Crippen molar-refractivity contribution in [1.29, 1.82) is 5.26 Å². The topological polar surface area (TPSA) is 48.7 Å². The van der Waals surface area contributed by atoms with Crippen molar-refractivity contribution >= 4 is 22.6 Å². The summed E-state index contributed by atoms with van der Waals surface area (Å²) < 4.78 is 13.0. The molecule has 3 rings (SSSR count). The molecule has 0 aliphatic heterocycles. The molecule has 0 saturated heterocycles. The van der Waals surface area contributed by atoms with Crippen LogP contribution < -0.4 is 5.32 Å². The number of hydrogen-bond acceptors (Lipinski definition) is 4. The lowest BCUT2D eigenvalue weighted by atomic mass is 10.2. The summed E-state index contributed by atoms with van der Waals surface area (Å²) in [6.07, 6.45) is 1.64. The predicted molar refractivity (Wildman–Crippen MR) is 91.2 cm³/mol. The van der Waals surface area contributed by atoms with Gasteiger partial charge in [-0.2, -0.15) is 5.26 Å². The van der Waals surface area contributed by atoms with Gasteiger partial charge in [0, 0.05) is 22.8 Å². The molecule has 0 unspecified atom stereocenters. The van der Waals surface area contributed by atoms with Crippen LogP contribution in [-0.4, -0.2) is 4.98 Å². The first-order valence-corrected chi connectivity index (χ1v) is 7.78. The molecule has 5 heteroatoms. The maximum Gasteiger partial charge on any atom is 0.136 e. The summed E-state index contributed by atoms with van der Waals surface area (Å²) in [6, 6.07) is 17.9. The van der Waals surface area contributed by atoms with Crippen LogP contribution in [0.3, 0.4) is 0 Å². The molecule has 0 amide bonds. The number of hydrogen-bond donors (Lipinski definition) is 1. The fraction of sp³-hybridized carbons (Fsp3) is 0. The highest BCUT2D eigenvalue weighted by Crippen LogP contribution is 2.26. The second kappa shape index (κ2) is 6.86. The highest BCUT2D eigenvalue weighted by atomic mass is 32.1. The van der Waals surface area contributed by atoms with E-state index in [2.05, 4.69) is 16.4 Å². The van der Waals surface area contributed by atoms with Gasteiger partial charge in [-0.25, -0.2) is 9.37 Å². The summed E-state index contributed by atoms with van der Waals surface area (Å²) in [5.74, 6) is -0.283. The maximum absolute atomic E-state index is 13.0.